The standard InChI is InChI=1S/C13H19NO2/c1-5-16-13(15)12(9(2)3)11-6-7-14-8-10(11)4/h6-9,12H,5H2,1-4H3. The molecule has 1 atom stereocenters. The van der Waals surface area contributed by atoms with Gasteiger partial charge in [-0.25, -0.2) is 0 Å². The molecule has 16 heavy (non-hydrogen) atoms. The molecule has 1 heterocycles. The highest BCUT2D eigenvalue weighted by Gasteiger charge is 2.26. The monoisotopic (exact) mass is 221 g/mol. The molecule has 0 bridgehead atoms. The van der Waals surface area contributed by atoms with Gasteiger partial charge in [0.25, 0.3) is 0 Å². The molecule has 0 spiro atoms. The van der Waals surface area contributed by atoms with Crippen molar-refractivity contribution in [3.63, 3.8) is 0 Å². The zero-order valence-corrected chi connectivity index (χ0v) is 10.4. The maximum absolute atomic E-state index is 11.9. The molecular formula is C13H19NO2. The number of esters is 1. The first-order valence-corrected chi connectivity index (χ1v) is 5.65. The Morgan fingerprint density at radius 2 is 2.19 bits per heavy atom. The number of rotatable bonds is 4. The van der Waals surface area contributed by atoms with E-state index < -0.39 is 0 Å². The van der Waals surface area contributed by atoms with E-state index in [1.807, 2.05) is 33.8 Å². The minimum atomic E-state index is -0.192. The summed E-state index contributed by atoms with van der Waals surface area (Å²) in [7, 11) is 0. The van der Waals surface area contributed by atoms with Crippen LogP contribution in [-0.4, -0.2) is 17.6 Å². The van der Waals surface area contributed by atoms with Crippen molar-refractivity contribution < 1.29 is 9.53 Å². The van der Waals surface area contributed by atoms with E-state index in [-0.39, 0.29) is 17.8 Å². The summed E-state index contributed by atoms with van der Waals surface area (Å²) in [4.78, 5) is 15.9. The maximum Gasteiger partial charge on any atom is 0.313 e. The highest BCUT2D eigenvalue weighted by molar-refractivity contribution is 5.78. The van der Waals surface area contributed by atoms with E-state index in [9.17, 15) is 4.79 Å². The molecule has 0 aliphatic rings. The van der Waals surface area contributed by atoms with Crippen molar-refractivity contribution in [1.82, 2.24) is 4.98 Å². The van der Waals surface area contributed by atoms with Gasteiger partial charge in [0.2, 0.25) is 0 Å². The van der Waals surface area contributed by atoms with Gasteiger partial charge in [-0.2, -0.15) is 0 Å². The molecule has 0 aliphatic heterocycles. The van der Waals surface area contributed by atoms with Gasteiger partial charge < -0.3 is 4.74 Å². The van der Waals surface area contributed by atoms with Crippen molar-refractivity contribution in [2.75, 3.05) is 6.61 Å². The number of nitrogens with zero attached hydrogens (tertiary/aromatic N) is 1. The third kappa shape index (κ3) is 2.81. The van der Waals surface area contributed by atoms with E-state index in [0.29, 0.717) is 6.61 Å². The fraction of sp³-hybridized carbons (Fsp3) is 0.538. The second kappa shape index (κ2) is 5.64. The van der Waals surface area contributed by atoms with Crippen LogP contribution in [0, 0.1) is 12.8 Å². The summed E-state index contributed by atoms with van der Waals surface area (Å²) >= 11 is 0. The Labute approximate surface area is 96.8 Å². The summed E-state index contributed by atoms with van der Waals surface area (Å²) in [6, 6.07) is 1.90. The van der Waals surface area contributed by atoms with Crippen molar-refractivity contribution in [1.29, 1.82) is 0 Å². The van der Waals surface area contributed by atoms with E-state index >= 15 is 0 Å². The van der Waals surface area contributed by atoms with Gasteiger partial charge in [-0.1, -0.05) is 13.8 Å². The first kappa shape index (κ1) is 12.7. The summed E-state index contributed by atoms with van der Waals surface area (Å²) in [5.41, 5.74) is 2.05. The number of hydrogen-bond donors (Lipinski definition) is 0. The molecule has 0 radical (unpaired) electrons. The van der Waals surface area contributed by atoms with Crippen molar-refractivity contribution in [2.45, 2.75) is 33.6 Å². The quantitative estimate of drug-likeness (QED) is 0.734. The van der Waals surface area contributed by atoms with Crippen LogP contribution in [0.3, 0.4) is 0 Å². The molecule has 1 unspecified atom stereocenters. The lowest BCUT2D eigenvalue weighted by Crippen LogP contribution is -2.21. The Balaban J connectivity index is 3.03. The molecular weight excluding hydrogens is 202 g/mol. The van der Waals surface area contributed by atoms with E-state index in [4.69, 9.17) is 4.74 Å². The normalized spacial score (nSPS) is 12.6. The fourth-order valence-corrected chi connectivity index (χ4v) is 1.82. The van der Waals surface area contributed by atoms with Crippen molar-refractivity contribution >= 4 is 5.97 Å². The van der Waals surface area contributed by atoms with Crippen LogP contribution in [0.4, 0.5) is 0 Å². The third-order valence-corrected chi connectivity index (χ3v) is 2.61. The minimum Gasteiger partial charge on any atom is -0.466 e. The van der Waals surface area contributed by atoms with Crippen LogP contribution in [-0.2, 0) is 9.53 Å². The average molecular weight is 221 g/mol. The molecule has 1 aromatic rings. The van der Waals surface area contributed by atoms with E-state index in [1.54, 1.807) is 12.4 Å². The number of aromatic nitrogens is 1. The van der Waals surface area contributed by atoms with Gasteiger partial charge in [0.05, 0.1) is 12.5 Å². The molecule has 0 saturated heterocycles. The number of carbonyl (C=O) groups excluding carboxylic acids is 1. The minimum absolute atomic E-state index is 0.146. The van der Waals surface area contributed by atoms with Crippen molar-refractivity contribution in [3.8, 4) is 0 Å². The zero-order valence-electron chi connectivity index (χ0n) is 10.4. The number of aryl methyl sites for hydroxylation is 1. The summed E-state index contributed by atoms with van der Waals surface area (Å²) in [6.45, 7) is 8.28. The third-order valence-electron chi connectivity index (χ3n) is 2.61. The number of ether oxygens (including phenoxy) is 1. The lowest BCUT2D eigenvalue weighted by Gasteiger charge is -2.20. The van der Waals surface area contributed by atoms with Crippen LogP contribution in [0.25, 0.3) is 0 Å². The van der Waals surface area contributed by atoms with E-state index in [1.165, 1.54) is 0 Å². The van der Waals surface area contributed by atoms with Gasteiger partial charge >= 0.3 is 5.97 Å². The Hall–Kier alpha value is -1.38. The largest absolute Gasteiger partial charge is 0.466 e. The molecule has 0 fully saturated rings. The Bertz CT molecular complexity index is 361. The van der Waals surface area contributed by atoms with Crippen LogP contribution < -0.4 is 0 Å². The van der Waals surface area contributed by atoms with Crippen molar-refractivity contribution in [2.24, 2.45) is 5.92 Å². The number of pyridine rings is 1. The summed E-state index contributed by atoms with van der Waals surface area (Å²) < 4.78 is 5.12. The van der Waals surface area contributed by atoms with Gasteiger partial charge in [0.1, 0.15) is 0 Å². The van der Waals surface area contributed by atoms with E-state index in [0.717, 1.165) is 11.1 Å². The summed E-state index contributed by atoms with van der Waals surface area (Å²) in [5.74, 6) is -0.116. The Morgan fingerprint density at radius 1 is 1.50 bits per heavy atom. The van der Waals surface area contributed by atoms with Crippen LogP contribution >= 0.6 is 0 Å². The topological polar surface area (TPSA) is 39.2 Å². The van der Waals surface area contributed by atoms with Gasteiger partial charge in [-0.15, -0.1) is 0 Å². The Morgan fingerprint density at radius 3 is 2.69 bits per heavy atom. The highest BCUT2D eigenvalue weighted by Crippen LogP contribution is 2.27. The first-order chi connectivity index (χ1) is 7.57. The summed E-state index contributed by atoms with van der Waals surface area (Å²) in [5, 5.41) is 0. The highest BCUT2D eigenvalue weighted by atomic mass is 16.5. The molecule has 0 saturated carbocycles. The molecule has 88 valence electrons. The second-order valence-electron chi connectivity index (χ2n) is 4.21. The average Bonchev–Trinajstić information content (AvgIpc) is 2.21. The van der Waals surface area contributed by atoms with Crippen molar-refractivity contribution in [3.05, 3.63) is 29.6 Å². The Kier molecular flexibility index (Phi) is 4.47. The molecule has 3 heteroatoms. The fourth-order valence-electron chi connectivity index (χ4n) is 1.82. The molecule has 0 N–H and O–H groups in total. The lowest BCUT2D eigenvalue weighted by molar-refractivity contribution is -0.146. The molecule has 0 amide bonds. The molecule has 1 aromatic heterocycles. The maximum atomic E-state index is 11.9. The molecule has 0 aromatic carbocycles. The van der Waals surface area contributed by atoms with Gasteiger partial charge in [0, 0.05) is 12.4 Å². The lowest BCUT2D eigenvalue weighted by atomic mass is 9.87. The first-order valence-electron chi connectivity index (χ1n) is 5.65. The number of carbonyl (C=O) groups is 1. The SMILES string of the molecule is CCOC(=O)C(c1ccncc1C)C(C)C. The van der Waals surface area contributed by atoms with Gasteiger partial charge in [-0.3, -0.25) is 9.78 Å². The van der Waals surface area contributed by atoms with Crippen LogP contribution in [0.1, 0.15) is 37.8 Å². The second-order valence-corrected chi connectivity index (χ2v) is 4.21. The molecule has 1 rings (SSSR count). The van der Waals surface area contributed by atoms with Crippen LogP contribution in [0.5, 0.6) is 0 Å². The van der Waals surface area contributed by atoms with E-state index in [2.05, 4.69) is 4.98 Å². The zero-order chi connectivity index (χ0) is 12.1. The smallest absolute Gasteiger partial charge is 0.313 e. The molecule has 0 aliphatic carbocycles. The molecule has 3 nitrogen and oxygen atoms in total. The summed E-state index contributed by atoms with van der Waals surface area (Å²) in [6.07, 6.45) is 3.50. The van der Waals surface area contributed by atoms with Crippen LogP contribution in [0.2, 0.25) is 0 Å². The van der Waals surface area contributed by atoms with Crippen LogP contribution in [0.15, 0.2) is 18.5 Å². The van der Waals surface area contributed by atoms with Gasteiger partial charge in [0.15, 0.2) is 0 Å². The number of hydrogen-bond acceptors (Lipinski definition) is 3. The van der Waals surface area contributed by atoms with Gasteiger partial charge in [-0.05, 0) is 37.0 Å². The predicted octanol–water partition coefficient (Wildman–Crippen LogP) is 2.69. The predicted molar refractivity (Wildman–Crippen MR) is 63.2 cm³/mol.